The fraction of sp³-hybridized carbons (Fsp3) is 1.00. The summed E-state index contributed by atoms with van der Waals surface area (Å²) in [6, 6.07) is 0. The number of hydrogen-bond donors (Lipinski definition) is 1. The zero-order valence-electron chi connectivity index (χ0n) is 16.3. The third-order valence-corrected chi connectivity index (χ3v) is 6.74. The molecule has 2 rings (SSSR count). The molecule has 2 aliphatic carbocycles. The van der Waals surface area contributed by atoms with Crippen LogP contribution in [-0.4, -0.2) is 35.3 Å². The lowest BCUT2D eigenvalue weighted by atomic mass is 9.72. The summed E-state index contributed by atoms with van der Waals surface area (Å²) in [5, 5.41) is 9.43. The smallest absolute Gasteiger partial charge is 0.375 e. The highest BCUT2D eigenvalue weighted by molar-refractivity contribution is 5.01. The Morgan fingerprint density at radius 1 is 0.889 bits per heavy atom. The molecule has 2 fully saturated rings. The maximum absolute atomic E-state index is 12.9. The van der Waals surface area contributed by atoms with E-state index in [1.165, 1.54) is 13.8 Å². The van der Waals surface area contributed by atoms with E-state index in [2.05, 4.69) is 13.8 Å². The van der Waals surface area contributed by atoms with Crippen LogP contribution in [0, 0.1) is 29.6 Å². The summed E-state index contributed by atoms with van der Waals surface area (Å²) in [6.07, 6.45) is -9.11. The molecule has 0 amide bonds. The molecule has 2 saturated carbocycles. The van der Waals surface area contributed by atoms with Crippen molar-refractivity contribution in [1.82, 2.24) is 0 Å². The van der Waals surface area contributed by atoms with E-state index in [1.54, 1.807) is 0 Å². The molecule has 0 heterocycles. The highest BCUT2D eigenvalue weighted by Crippen LogP contribution is 2.57. The fourth-order valence-electron chi connectivity index (χ4n) is 5.54. The minimum atomic E-state index is -5.82. The van der Waals surface area contributed by atoms with E-state index in [1.807, 2.05) is 0 Å². The van der Waals surface area contributed by atoms with Gasteiger partial charge in [-0.3, -0.25) is 0 Å². The van der Waals surface area contributed by atoms with Gasteiger partial charge in [-0.15, -0.1) is 0 Å². The van der Waals surface area contributed by atoms with Crippen molar-refractivity contribution in [3.63, 3.8) is 0 Å². The number of ether oxygens (including phenoxy) is 1. The van der Waals surface area contributed by atoms with Crippen molar-refractivity contribution >= 4 is 0 Å². The van der Waals surface area contributed by atoms with E-state index in [0.29, 0.717) is 23.7 Å². The van der Waals surface area contributed by atoms with E-state index >= 15 is 0 Å². The van der Waals surface area contributed by atoms with Crippen LogP contribution in [0.1, 0.15) is 59.8 Å². The van der Waals surface area contributed by atoms with Crippen LogP contribution in [0.2, 0.25) is 0 Å². The summed E-state index contributed by atoms with van der Waals surface area (Å²) in [7, 11) is 0. The van der Waals surface area contributed by atoms with Crippen molar-refractivity contribution in [2.45, 2.75) is 83.4 Å². The first-order chi connectivity index (χ1) is 12.2. The number of hydrogen-bond acceptors (Lipinski definition) is 2. The molecule has 2 bridgehead atoms. The monoisotopic (exact) mass is 404 g/mol. The predicted molar refractivity (Wildman–Crippen MR) is 89.0 cm³/mol. The van der Waals surface area contributed by atoms with Gasteiger partial charge in [0.05, 0.1) is 12.2 Å². The predicted octanol–water partition coefficient (Wildman–Crippen LogP) is 5.74. The molecular weight excluding hydrogens is 374 g/mol. The van der Waals surface area contributed by atoms with Crippen molar-refractivity contribution in [3.8, 4) is 0 Å². The maximum Gasteiger partial charge on any atom is 0.426 e. The van der Waals surface area contributed by atoms with Crippen molar-refractivity contribution in [3.05, 3.63) is 0 Å². The Morgan fingerprint density at radius 2 is 1.41 bits per heavy atom. The number of alkyl halides is 6. The van der Waals surface area contributed by atoms with E-state index < -0.39 is 30.0 Å². The van der Waals surface area contributed by atoms with Gasteiger partial charge in [-0.25, -0.2) is 0 Å². The first kappa shape index (κ1) is 22.8. The van der Waals surface area contributed by atoms with E-state index in [4.69, 9.17) is 4.74 Å². The Bertz CT molecular complexity index is 499. The molecular formula is C19H30F6O2. The molecule has 0 saturated heterocycles. The molecule has 0 aromatic heterocycles. The lowest BCUT2D eigenvalue weighted by Crippen LogP contribution is -2.60. The zero-order valence-corrected chi connectivity index (χ0v) is 16.3. The summed E-state index contributed by atoms with van der Waals surface area (Å²) < 4.78 is 83.2. The lowest BCUT2D eigenvalue weighted by Gasteiger charge is -2.40. The lowest BCUT2D eigenvalue weighted by molar-refractivity contribution is -0.378. The molecule has 0 spiro atoms. The van der Waals surface area contributed by atoms with Crippen LogP contribution in [0.15, 0.2) is 0 Å². The molecule has 0 aromatic rings. The Labute approximate surface area is 156 Å². The van der Waals surface area contributed by atoms with Gasteiger partial charge in [0.1, 0.15) is 0 Å². The van der Waals surface area contributed by atoms with Gasteiger partial charge in [-0.1, -0.05) is 26.7 Å². The number of rotatable bonds is 7. The number of aliphatic hydroxyl groups is 1. The average molecular weight is 404 g/mol. The van der Waals surface area contributed by atoms with Crippen molar-refractivity contribution in [2.24, 2.45) is 29.6 Å². The molecule has 5 unspecified atom stereocenters. The number of halogens is 6. The third kappa shape index (κ3) is 4.26. The van der Waals surface area contributed by atoms with Crippen LogP contribution in [0.25, 0.3) is 0 Å². The van der Waals surface area contributed by atoms with Gasteiger partial charge in [0, 0.05) is 6.42 Å². The maximum atomic E-state index is 12.9. The summed E-state index contributed by atoms with van der Waals surface area (Å²) in [6.45, 7) is 6.77. The molecule has 0 aliphatic heterocycles. The van der Waals surface area contributed by atoms with Gasteiger partial charge in [0.2, 0.25) is 0 Å². The molecule has 27 heavy (non-hydrogen) atoms. The largest absolute Gasteiger partial charge is 0.426 e. The minimum absolute atomic E-state index is 0.132. The average Bonchev–Trinajstić information content (AvgIpc) is 3.07. The standard InChI is InChI=1S/C19H30F6O2/c1-5-13-11-7-12(15(8-11)14(13)6-2)9-27-16(3,4)10-17(26,18(20,21)22)19(23,24)25/h11-15,26H,5-10H2,1-4H3. The summed E-state index contributed by atoms with van der Waals surface area (Å²) in [5.74, 6) is 2.36. The van der Waals surface area contributed by atoms with Gasteiger partial charge >= 0.3 is 12.4 Å². The summed E-state index contributed by atoms with van der Waals surface area (Å²) in [4.78, 5) is 0. The fourth-order valence-corrected chi connectivity index (χ4v) is 5.54. The molecule has 2 aliphatic rings. The van der Waals surface area contributed by atoms with Gasteiger partial charge in [0.15, 0.2) is 0 Å². The second kappa shape index (κ2) is 7.39. The van der Waals surface area contributed by atoms with Crippen molar-refractivity contribution in [2.75, 3.05) is 6.61 Å². The quantitative estimate of drug-likeness (QED) is 0.549. The van der Waals surface area contributed by atoms with Crippen LogP contribution in [0.3, 0.4) is 0 Å². The number of fused-ring (bicyclic) bond motifs is 2. The Balaban J connectivity index is 2.03. The minimum Gasteiger partial charge on any atom is -0.375 e. The first-order valence-corrected chi connectivity index (χ1v) is 9.66. The summed E-state index contributed by atoms with van der Waals surface area (Å²) in [5.41, 5.74) is -6.54. The van der Waals surface area contributed by atoms with Crippen LogP contribution in [-0.2, 0) is 4.74 Å². The molecule has 5 atom stereocenters. The summed E-state index contributed by atoms with van der Waals surface area (Å²) >= 11 is 0. The highest BCUT2D eigenvalue weighted by atomic mass is 19.4. The third-order valence-electron chi connectivity index (χ3n) is 6.74. The Kier molecular flexibility index (Phi) is 6.24. The van der Waals surface area contributed by atoms with Crippen LogP contribution < -0.4 is 0 Å². The SMILES string of the molecule is CCC1C2CC(COC(C)(C)CC(O)(C(F)(F)F)C(F)(F)F)C(C2)C1CC. The second-order valence-electron chi connectivity index (χ2n) is 8.90. The zero-order chi connectivity index (χ0) is 20.8. The van der Waals surface area contributed by atoms with Crippen molar-refractivity contribution in [1.29, 1.82) is 0 Å². The van der Waals surface area contributed by atoms with Gasteiger partial charge in [-0.05, 0) is 56.3 Å². The van der Waals surface area contributed by atoms with Crippen LogP contribution in [0.5, 0.6) is 0 Å². The van der Waals surface area contributed by atoms with Crippen molar-refractivity contribution < 1.29 is 36.2 Å². The molecule has 0 aromatic carbocycles. The molecule has 0 radical (unpaired) electrons. The van der Waals surface area contributed by atoms with Gasteiger partial charge < -0.3 is 9.84 Å². The normalized spacial score (nSPS) is 32.3. The van der Waals surface area contributed by atoms with E-state index in [9.17, 15) is 31.4 Å². The second-order valence-corrected chi connectivity index (χ2v) is 8.90. The molecule has 2 nitrogen and oxygen atoms in total. The van der Waals surface area contributed by atoms with E-state index in [-0.39, 0.29) is 12.5 Å². The topological polar surface area (TPSA) is 29.5 Å². The first-order valence-electron chi connectivity index (χ1n) is 9.66. The van der Waals surface area contributed by atoms with E-state index in [0.717, 1.165) is 25.7 Å². The van der Waals surface area contributed by atoms with Crippen LogP contribution >= 0.6 is 0 Å². The molecule has 1 N–H and O–H groups in total. The van der Waals surface area contributed by atoms with Crippen LogP contribution in [0.4, 0.5) is 26.3 Å². The van der Waals surface area contributed by atoms with Gasteiger partial charge in [-0.2, -0.15) is 26.3 Å². The highest BCUT2D eigenvalue weighted by Gasteiger charge is 2.71. The Morgan fingerprint density at radius 3 is 1.85 bits per heavy atom. The molecule has 8 heteroatoms. The van der Waals surface area contributed by atoms with Gasteiger partial charge in [0.25, 0.3) is 5.60 Å². The Hall–Kier alpha value is -0.500. The molecule has 160 valence electrons.